The molecule has 0 radical (unpaired) electrons. The Kier molecular flexibility index (Phi) is 3.82. The third-order valence-electron chi connectivity index (χ3n) is 2.03. The molecule has 1 unspecified atom stereocenters. The Morgan fingerprint density at radius 2 is 2.18 bits per heavy atom. The first-order valence-electron chi connectivity index (χ1n) is 4.16. The van der Waals surface area contributed by atoms with Crippen molar-refractivity contribution in [2.45, 2.75) is 37.0 Å². The maximum absolute atomic E-state index is 5.59. The van der Waals surface area contributed by atoms with Gasteiger partial charge >= 0.3 is 0 Å². The Hall–Kier alpha value is -0.130. The summed E-state index contributed by atoms with van der Waals surface area (Å²) in [6, 6.07) is -0.0411. The quantitative estimate of drug-likeness (QED) is 0.650. The molecule has 0 amide bonds. The summed E-state index contributed by atoms with van der Waals surface area (Å²) < 4.78 is 0. The van der Waals surface area contributed by atoms with Crippen molar-refractivity contribution >= 4 is 11.8 Å². The maximum atomic E-state index is 5.59. The lowest BCUT2D eigenvalue weighted by Gasteiger charge is -2.09. The molecule has 0 heterocycles. The standard InChI is InChI=1S/C9H15NS/c1-2-8(10)7-11-9-5-3-4-6-9/h1,8-9H,3-7,10H2. The van der Waals surface area contributed by atoms with E-state index in [2.05, 4.69) is 5.92 Å². The molecule has 0 aliphatic heterocycles. The van der Waals surface area contributed by atoms with Crippen molar-refractivity contribution in [1.82, 2.24) is 0 Å². The average molecular weight is 169 g/mol. The van der Waals surface area contributed by atoms with Crippen molar-refractivity contribution in [2.24, 2.45) is 5.73 Å². The molecular weight excluding hydrogens is 154 g/mol. The summed E-state index contributed by atoms with van der Waals surface area (Å²) in [5, 5.41) is 0.842. The van der Waals surface area contributed by atoms with Crippen molar-refractivity contribution in [2.75, 3.05) is 5.75 Å². The van der Waals surface area contributed by atoms with Gasteiger partial charge in [-0.05, 0) is 12.8 Å². The van der Waals surface area contributed by atoms with Crippen LogP contribution in [0, 0.1) is 12.3 Å². The van der Waals surface area contributed by atoms with Crippen molar-refractivity contribution < 1.29 is 0 Å². The van der Waals surface area contributed by atoms with E-state index in [1.54, 1.807) is 0 Å². The highest BCUT2D eigenvalue weighted by atomic mass is 32.2. The minimum Gasteiger partial charge on any atom is -0.317 e. The number of terminal acetylenes is 1. The van der Waals surface area contributed by atoms with Crippen LogP contribution in [0.2, 0.25) is 0 Å². The fraction of sp³-hybridized carbons (Fsp3) is 0.778. The van der Waals surface area contributed by atoms with Gasteiger partial charge in [-0.1, -0.05) is 18.8 Å². The predicted octanol–water partition coefficient (Wildman–Crippen LogP) is 1.62. The van der Waals surface area contributed by atoms with Gasteiger partial charge in [0.2, 0.25) is 0 Å². The fourth-order valence-electron chi connectivity index (χ4n) is 1.34. The lowest BCUT2D eigenvalue weighted by atomic mass is 10.4. The fourth-order valence-corrected chi connectivity index (χ4v) is 2.59. The van der Waals surface area contributed by atoms with E-state index in [-0.39, 0.29) is 6.04 Å². The normalized spacial score (nSPS) is 21.5. The first-order chi connectivity index (χ1) is 5.33. The first kappa shape index (κ1) is 8.96. The summed E-state index contributed by atoms with van der Waals surface area (Å²) in [5.41, 5.74) is 5.59. The topological polar surface area (TPSA) is 26.0 Å². The predicted molar refractivity (Wildman–Crippen MR) is 51.5 cm³/mol. The summed E-state index contributed by atoms with van der Waals surface area (Å²) in [6.45, 7) is 0. The van der Waals surface area contributed by atoms with E-state index in [0.29, 0.717) is 0 Å². The summed E-state index contributed by atoms with van der Waals surface area (Å²) in [5.74, 6) is 3.48. The van der Waals surface area contributed by atoms with E-state index >= 15 is 0 Å². The third-order valence-corrected chi connectivity index (χ3v) is 3.52. The number of nitrogens with two attached hydrogens (primary N) is 1. The summed E-state index contributed by atoms with van der Waals surface area (Å²) in [4.78, 5) is 0. The summed E-state index contributed by atoms with van der Waals surface area (Å²) in [7, 11) is 0. The number of hydrogen-bond acceptors (Lipinski definition) is 2. The lowest BCUT2D eigenvalue weighted by Crippen LogP contribution is -2.21. The van der Waals surface area contributed by atoms with Crippen LogP contribution < -0.4 is 5.73 Å². The van der Waals surface area contributed by atoms with Crippen LogP contribution in [0.3, 0.4) is 0 Å². The van der Waals surface area contributed by atoms with Crippen LogP contribution in [0.15, 0.2) is 0 Å². The van der Waals surface area contributed by atoms with Crippen LogP contribution in [-0.2, 0) is 0 Å². The van der Waals surface area contributed by atoms with Gasteiger partial charge in [0.05, 0.1) is 6.04 Å². The molecule has 62 valence electrons. The van der Waals surface area contributed by atoms with Crippen LogP contribution >= 0.6 is 11.8 Å². The Balaban J connectivity index is 2.07. The van der Waals surface area contributed by atoms with Gasteiger partial charge in [0.25, 0.3) is 0 Å². The highest BCUT2D eigenvalue weighted by Crippen LogP contribution is 2.29. The van der Waals surface area contributed by atoms with Gasteiger partial charge in [0.1, 0.15) is 0 Å². The minimum atomic E-state index is -0.0411. The van der Waals surface area contributed by atoms with E-state index in [4.69, 9.17) is 12.2 Å². The number of thioether (sulfide) groups is 1. The molecule has 0 aromatic carbocycles. The Labute approximate surface area is 73.1 Å². The SMILES string of the molecule is C#CC(N)CSC1CCCC1. The number of rotatable bonds is 3. The molecule has 0 aromatic heterocycles. The Bertz CT molecular complexity index is 144. The molecular formula is C9H15NS. The smallest absolute Gasteiger partial charge is 0.0753 e. The minimum absolute atomic E-state index is 0.0411. The van der Waals surface area contributed by atoms with Crippen LogP contribution in [0.4, 0.5) is 0 Å². The van der Waals surface area contributed by atoms with Gasteiger partial charge in [-0.2, -0.15) is 11.8 Å². The molecule has 0 bridgehead atoms. The molecule has 1 rings (SSSR count). The molecule has 1 fully saturated rings. The molecule has 2 N–H and O–H groups in total. The zero-order valence-electron chi connectivity index (χ0n) is 6.75. The van der Waals surface area contributed by atoms with Crippen molar-refractivity contribution in [3.05, 3.63) is 0 Å². The highest BCUT2D eigenvalue weighted by molar-refractivity contribution is 7.99. The molecule has 1 aliphatic carbocycles. The van der Waals surface area contributed by atoms with E-state index in [0.717, 1.165) is 11.0 Å². The van der Waals surface area contributed by atoms with Crippen LogP contribution in [-0.4, -0.2) is 17.0 Å². The molecule has 2 heteroatoms. The first-order valence-corrected chi connectivity index (χ1v) is 5.21. The van der Waals surface area contributed by atoms with E-state index in [9.17, 15) is 0 Å². The van der Waals surface area contributed by atoms with Crippen molar-refractivity contribution in [3.63, 3.8) is 0 Å². The molecule has 0 spiro atoms. The summed E-state index contributed by atoms with van der Waals surface area (Å²) >= 11 is 1.95. The molecule has 0 saturated heterocycles. The van der Waals surface area contributed by atoms with Crippen LogP contribution in [0.25, 0.3) is 0 Å². The van der Waals surface area contributed by atoms with E-state index < -0.39 is 0 Å². The summed E-state index contributed by atoms with van der Waals surface area (Å²) in [6.07, 6.45) is 10.7. The number of hydrogen-bond donors (Lipinski definition) is 1. The van der Waals surface area contributed by atoms with Crippen molar-refractivity contribution in [1.29, 1.82) is 0 Å². The zero-order chi connectivity index (χ0) is 8.10. The molecule has 11 heavy (non-hydrogen) atoms. The lowest BCUT2D eigenvalue weighted by molar-refractivity contribution is 0.886. The molecule has 1 nitrogen and oxygen atoms in total. The van der Waals surface area contributed by atoms with Crippen LogP contribution in [0.1, 0.15) is 25.7 Å². The van der Waals surface area contributed by atoms with Gasteiger partial charge in [-0.25, -0.2) is 0 Å². The second-order valence-electron chi connectivity index (χ2n) is 3.01. The van der Waals surface area contributed by atoms with Gasteiger partial charge in [-0.3, -0.25) is 0 Å². The average Bonchev–Trinajstić information content (AvgIpc) is 2.52. The van der Waals surface area contributed by atoms with E-state index in [1.165, 1.54) is 25.7 Å². The maximum Gasteiger partial charge on any atom is 0.0753 e. The zero-order valence-corrected chi connectivity index (χ0v) is 7.57. The monoisotopic (exact) mass is 169 g/mol. The van der Waals surface area contributed by atoms with Crippen LogP contribution in [0.5, 0.6) is 0 Å². The van der Waals surface area contributed by atoms with Gasteiger partial charge < -0.3 is 5.73 Å². The van der Waals surface area contributed by atoms with E-state index in [1.807, 2.05) is 11.8 Å². The van der Waals surface area contributed by atoms with Gasteiger partial charge in [0.15, 0.2) is 0 Å². The molecule has 1 aliphatic rings. The molecule has 0 aromatic rings. The second kappa shape index (κ2) is 4.69. The highest BCUT2D eigenvalue weighted by Gasteiger charge is 2.15. The Morgan fingerprint density at radius 1 is 1.55 bits per heavy atom. The van der Waals surface area contributed by atoms with Crippen molar-refractivity contribution in [3.8, 4) is 12.3 Å². The van der Waals surface area contributed by atoms with Gasteiger partial charge in [-0.15, -0.1) is 6.42 Å². The molecule has 1 atom stereocenters. The molecule has 1 saturated carbocycles. The second-order valence-corrected chi connectivity index (χ2v) is 4.35. The van der Waals surface area contributed by atoms with Gasteiger partial charge in [0, 0.05) is 11.0 Å². The Morgan fingerprint density at radius 3 is 2.73 bits per heavy atom. The largest absolute Gasteiger partial charge is 0.317 e. The third kappa shape index (κ3) is 3.18.